The van der Waals surface area contributed by atoms with Crippen LogP contribution >= 0.6 is 7.05 Å². The van der Waals surface area contributed by atoms with E-state index in [1.165, 1.54) is 15.9 Å². The van der Waals surface area contributed by atoms with Crippen molar-refractivity contribution in [1.82, 2.24) is 4.98 Å². The minimum absolute atomic E-state index is 0.826. The van der Waals surface area contributed by atoms with E-state index < -0.39 is 7.05 Å². The highest BCUT2D eigenvalue weighted by Gasteiger charge is 2.27. The highest BCUT2D eigenvalue weighted by Crippen LogP contribution is 2.49. The molecule has 1 heterocycles. The van der Waals surface area contributed by atoms with Gasteiger partial charge in [0.05, 0.1) is 24.5 Å². The Morgan fingerprint density at radius 3 is 1.62 bits per heavy atom. The van der Waals surface area contributed by atoms with Crippen molar-refractivity contribution in [1.29, 1.82) is 0 Å². The molecule has 3 aromatic carbocycles. The second kappa shape index (κ2) is 8.74. The predicted molar refractivity (Wildman–Crippen MR) is 124 cm³/mol. The van der Waals surface area contributed by atoms with E-state index in [4.69, 9.17) is 4.74 Å². The molecular weight excluding hydrogens is 371 g/mol. The molecule has 0 aliphatic heterocycles. The van der Waals surface area contributed by atoms with Crippen molar-refractivity contribution in [2.24, 2.45) is 4.74 Å². The maximum absolute atomic E-state index is 5.47. The van der Waals surface area contributed by atoms with Gasteiger partial charge in [-0.2, -0.15) is 0 Å². The predicted octanol–water partition coefficient (Wildman–Crippen LogP) is 5.26. The third-order valence-corrected chi connectivity index (χ3v) is 8.36. The largest absolute Gasteiger partial charge is 0.262 e. The molecule has 0 amide bonds. The average Bonchev–Trinajstić information content (AvgIpc) is 2.80. The van der Waals surface area contributed by atoms with Gasteiger partial charge in [0, 0.05) is 22.1 Å². The van der Waals surface area contributed by atoms with E-state index in [0.29, 0.717) is 0 Å². The van der Waals surface area contributed by atoms with E-state index in [0.717, 1.165) is 11.3 Å². The second-order valence-corrected chi connectivity index (χ2v) is 9.53. The van der Waals surface area contributed by atoms with Crippen LogP contribution in [0.5, 0.6) is 0 Å². The van der Waals surface area contributed by atoms with Crippen molar-refractivity contribution in [3.8, 4) is 11.8 Å². The molecule has 140 valence electrons. The topological polar surface area (TPSA) is 25.2 Å². The molecule has 0 fully saturated rings. The molecule has 0 N–H and O–H groups in total. The van der Waals surface area contributed by atoms with Crippen LogP contribution in [-0.2, 0) is 0 Å². The summed E-state index contributed by atoms with van der Waals surface area (Å²) in [4.78, 5) is 4.35. The quantitative estimate of drug-likeness (QED) is 0.343. The number of pyridine rings is 1. The number of nitrogens with zero attached hydrogens (tertiary/aromatic N) is 2. The van der Waals surface area contributed by atoms with Crippen LogP contribution in [-0.4, -0.2) is 4.98 Å². The van der Waals surface area contributed by atoms with Gasteiger partial charge in [-0.1, -0.05) is 96.9 Å². The maximum Gasteiger partial charge on any atom is 0.0964 e. The van der Waals surface area contributed by atoms with Gasteiger partial charge in [0.25, 0.3) is 0 Å². The lowest BCUT2D eigenvalue weighted by Gasteiger charge is -2.27. The fourth-order valence-corrected chi connectivity index (χ4v) is 6.95. The summed E-state index contributed by atoms with van der Waals surface area (Å²) in [6.45, 7) is 1.85. The summed E-state index contributed by atoms with van der Waals surface area (Å²) in [5.74, 6) is 6.19. The molecule has 0 aliphatic rings. The number of aromatic nitrogens is 1. The van der Waals surface area contributed by atoms with E-state index >= 15 is 0 Å². The molecule has 0 unspecified atom stereocenters. The Labute approximate surface area is 172 Å². The molecule has 3 heteroatoms. The lowest BCUT2D eigenvalue weighted by molar-refractivity contribution is 1.30. The highest BCUT2D eigenvalue weighted by molar-refractivity contribution is 7.87. The van der Waals surface area contributed by atoms with Crippen molar-refractivity contribution in [2.75, 3.05) is 0 Å². The normalized spacial score (nSPS) is 10.7. The van der Waals surface area contributed by atoms with Crippen LogP contribution in [0.15, 0.2) is 114 Å². The smallest absolute Gasteiger partial charge is 0.0964 e. The Balaban J connectivity index is 2.16. The molecular formula is C26H21N2P. The summed E-state index contributed by atoms with van der Waals surface area (Å²) in [5, 5.41) is 3.62. The van der Waals surface area contributed by atoms with E-state index in [1.54, 1.807) is 6.20 Å². The highest BCUT2D eigenvalue weighted by atomic mass is 31.2. The Morgan fingerprint density at radius 1 is 0.690 bits per heavy atom. The Bertz CT molecular complexity index is 1100. The number of hydrogen-bond donors (Lipinski definition) is 0. The van der Waals surface area contributed by atoms with Gasteiger partial charge in [-0.15, -0.1) is 5.92 Å². The number of rotatable bonds is 4. The summed E-state index contributed by atoms with van der Waals surface area (Å²) in [6, 6.07) is 33.7. The van der Waals surface area contributed by atoms with Crippen LogP contribution in [0.25, 0.3) is 0 Å². The molecule has 29 heavy (non-hydrogen) atoms. The van der Waals surface area contributed by atoms with Gasteiger partial charge in [0.1, 0.15) is 0 Å². The first-order valence-electron chi connectivity index (χ1n) is 9.50. The third kappa shape index (κ3) is 3.79. The zero-order valence-corrected chi connectivity index (χ0v) is 17.1. The van der Waals surface area contributed by atoms with Crippen LogP contribution < -0.4 is 15.9 Å². The van der Waals surface area contributed by atoms with Gasteiger partial charge in [0.2, 0.25) is 0 Å². The molecule has 0 aliphatic carbocycles. The first-order valence-corrected chi connectivity index (χ1v) is 11.2. The lowest BCUT2D eigenvalue weighted by Crippen LogP contribution is -2.25. The third-order valence-electron chi connectivity index (χ3n) is 4.71. The minimum Gasteiger partial charge on any atom is -0.262 e. The first kappa shape index (κ1) is 18.9. The summed E-state index contributed by atoms with van der Waals surface area (Å²) in [5.41, 5.74) is 1.72. The summed E-state index contributed by atoms with van der Waals surface area (Å²) in [6.07, 6.45) is 3.59. The fraction of sp³-hybridized carbons (Fsp3) is 0.0385. The average molecular weight is 392 g/mol. The molecule has 0 saturated heterocycles. The maximum atomic E-state index is 5.47. The summed E-state index contributed by atoms with van der Waals surface area (Å²) < 4.78 is 5.47. The van der Waals surface area contributed by atoms with Gasteiger partial charge < -0.3 is 0 Å². The van der Waals surface area contributed by atoms with Crippen molar-refractivity contribution in [3.05, 3.63) is 115 Å². The molecule has 0 spiro atoms. The summed E-state index contributed by atoms with van der Waals surface area (Å²) >= 11 is 0. The molecule has 4 rings (SSSR count). The number of benzene rings is 3. The SMILES string of the molecule is CC#Cc1ccncc1N=P(c1ccccc1)(c1ccccc1)c1ccccc1. The molecule has 0 atom stereocenters. The minimum atomic E-state index is -2.31. The molecule has 0 bridgehead atoms. The Morgan fingerprint density at radius 2 is 1.17 bits per heavy atom. The van der Waals surface area contributed by atoms with Crippen molar-refractivity contribution in [3.63, 3.8) is 0 Å². The van der Waals surface area contributed by atoms with E-state index in [-0.39, 0.29) is 0 Å². The van der Waals surface area contributed by atoms with Crippen molar-refractivity contribution >= 4 is 28.7 Å². The molecule has 0 saturated carbocycles. The number of hydrogen-bond acceptors (Lipinski definition) is 2. The van der Waals surface area contributed by atoms with E-state index in [1.807, 2.05) is 37.4 Å². The van der Waals surface area contributed by atoms with Crippen LogP contribution in [0.4, 0.5) is 5.69 Å². The van der Waals surface area contributed by atoms with Gasteiger partial charge >= 0.3 is 0 Å². The molecule has 0 radical (unpaired) electrons. The Kier molecular flexibility index (Phi) is 5.71. The van der Waals surface area contributed by atoms with Gasteiger partial charge in [-0.3, -0.25) is 9.73 Å². The zero-order chi connectivity index (χ0) is 19.9. The molecule has 2 nitrogen and oxygen atoms in total. The first-order chi connectivity index (χ1) is 14.3. The standard InChI is InChI=1S/C26H21N2P/c1-2-12-22-19-20-27-21-26(22)28-29(23-13-6-3-7-14-23,24-15-8-4-9-16-24)25-17-10-5-11-18-25/h3-11,13-21H,1H3. The van der Waals surface area contributed by atoms with Gasteiger partial charge in [-0.05, 0) is 13.0 Å². The van der Waals surface area contributed by atoms with Gasteiger partial charge in [-0.25, -0.2) is 0 Å². The molecule has 4 aromatic rings. The summed E-state index contributed by atoms with van der Waals surface area (Å²) in [7, 11) is -2.31. The van der Waals surface area contributed by atoms with Crippen LogP contribution in [0.3, 0.4) is 0 Å². The monoisotopic (exact) mass is 392 g/mol. The van der Waals surface area contributed by atoms with Gasteiger partial charge in [0.15, 0.2) is 0 Å². The van der Waals surface area contributed by atoms with Crippen LogP contribution in [0, 0.1) is 11.8 Å². The van der Waals surface area contributed by atoms with E-state index in [2.05, 4.69) is 89.6 Å². The molecule has 1 aromatic heterocycles. The van der Waals surface area contributed by atoms with Crippen molar-refractivity contribution in [2.45, 2.75) is 6.92 Å². The van der Waals surface area contributed by atoms with Crippen LogP contribution in [0.2, 0.25) is 0 Å². The van der Waals surface area contributed by atoms with Crippen molar-refractivity contribution < 1.29 is 0 Å². The Hall–Kier alpha value is -3.40. The lowest BCUT2D eigenvalue weighted by atomic mass is 10.2. The second-order valence-electron chi connectivity index (χ2n) is 6.51. The van der Waals surface area contributed by atoms with Crippen LogP contribution in [0.1, 0.15) is 12.5 Å². The zero-order valence-electron chi connectivity index (χ0n) is 16.2. The van der Waals surface area contributed by atoms with E-state index in [9.17, 15) is 0 Å². The fourth-order valence-electron chi connectivity index (χ4n) is 3.42.